The van der Waals surface area contributed by atoms with E-state index in [0.29, 0.717) is 35.4 Å². The zero-order valence-electron chi connectivity index (χ0n) is 12.6. The molecular formula is C14H16ClN9. The topological polar surface area (TPSA) is 143 Å². The molecule has 0 bridgehead atoms. The van der Waals surface area contributed by atoms with Crippen molar-refractivity contribution in [2.45, 2.75) is 0 Å². The molecule has 7 N–H and O–H groups in total. The third-order valence-electron chi connectivity index (χ3n) is 3.14. The first kappa shape index (κ1) is 15.8. The second-order valence-electron chi connectivity index (χ2n) is 4.89. The Balaban J connectivity index is 1.85. The van der Waals surface area contributed by atoms with E-state index >= 15 is 0 Å². The summed E-state index contributed by atoms with van der Waals surface area (Å²) in [5, 5.41) is 14.8. The molecule has 2 heterocycles. The van der Waals surface area contributed by atoms with Crippen LogP contribution < -0.4 is 22.1 Å². The second-order valence-corrected chi connectivity index (χ2v) is 5.32. The number of nitrogens with one attached hydrogen (secondary N) is 3. The van der Waals surface area contributed by atoms with Gasteiger partial charge in [0, 0.05) is 17.3 Å². The molecule has 0 saturated heterocycles. The highest BCUT2D eigenvalue weighted by atomic mass is 35.5. The minimum atomic E-state index is 0.0512. The van der Waals surface area contributed by atoms with Crippen LogP contribution in [0.15, 0.2) is 35.6 Å². The Kier molecular flexibility index (Phi) is 4.62. The van der Waals surface area contributed by atoms with Crippen LogP contribution in [0, 0.1) is 0 Å². The molecule has 1 aromatic carbocycles. The Labute approximate surface area is 142 Å². The van der Waals surface area contributed by atoms with Crippen molar-refractivity contribution in [2.75, 3.05) is 23.7 Å². The molecule has 3 rings (SSSR count). The number of halogens is 1. The predicted molar refractivity (Wildman–Crippen MR) is 95.6 cm³/mol. The van der Waals surface area contributed by atoms with Crippen LogP contribution in [0.1, 0.15) is 0 Å². The number of aliphatic imine (C=N–C) groups is 1. The minimum Gasteiger partial charge on any atom is -0.370 e. The molecule has 0 amide bonds. The van der Waals surface area contributed by atoms with Gasteiger partial charge in [0.05, 0.1) is 6.54 Å². The van der Waals surface area contributed by atoms with Crippen molar-refractivity contribution in [3.63, 3.8) is 0 Å². The van der Waals surface area contributed by atoms with E-state index in [1.165, 1.54) is 6.33 Å². The molecule has 0 atom stereocenters. The number of aromatic nitrogens is 4. The molecule has 0 fully saturated rings. The smallest absolute Gasteiger partial charge is 0.185 e. The molecule has 24 heavy (non-hydrogen) atoms. The molecule has 2 aromatic heterocycles. The van der Waals surface area contributed by atoms with Gasteiger partial charge in [0.15, 0.2) is 17.4 Å². The maximum atomic E-state index is 6.01. The van der Waals surface area contributed by atoms with Crippen LogP contribution in [0.2, 0.25) is 5.02 Å². The van der Waals surface area contributed by atoms with Gasteiger partial charge in [0.2, 0.25) is 0 Å². The van der Waals surface area contributed by atoms with E-state index in [-0.39, 0.29) is 5.96 Å². The summed E-state index contributed by atoms with van der Waals surface area (Å²) in [5.41, 5.74) is 12.0. The molecule has 0 aliphatic heterocycles. The Bertz CT molecular complexity index is 870. The molecule has 0 saturated carbocycles. The Morgan fingerprint density at radius 3 is 2.92 bits per heavy atom. The molecule has 0 radical (unpaired) electrons. The first-order chi connectivity index (χ1) is 11.6. The number of fused-ring (bicyclic) bond motifs is 1. The van der Waals surface area contributed by atoms with E-state index in [1.54, 1.807) is 12.1 Å². The monoisotopic (exact) mass is 345 g/mol. The molecule has 0 aliphatic carbocycles. The van der Waals surface area contributed by atoms with Gasteiger partial charge in [-0.3, -0.25) is 10.1 Å². The highest BCUT2D eigenvalue weighted by molar-refractivity contribution is 6.30. The predicted octanol–water partition coefficient (Wildman–Crippen LogP) is 1.44. The minimum absolute atomic E-state index is 0.0512. The summed E-state index contributed by atoms with van der Waals surface area (Å²) in [7, 11) is 0. The summed E-state index contributed by atoms with van der Waals surface area (Å²) in [6.45, 7) is 0.949. The molecule has 124 valence electrons. The number of guanidine groups is 1. The first-order valence-electron chi connectivity index (χ1n) is 7.14. The highest BCUT2D eigenvalue weighted by Gasteiger charge is 2.12. The van der Waals surface area contributed by atoms with Gasteiger partial charge in [-0.15, -0.1) is 0 Å². The fourth-order valence-corrected chi connectivity index (χ4v) is 2.33. The number of nitrogens with zero attached hydrogens (tertiary/aromatic N) is 4. The Hall–Kier alpha value is -3.07. The zero-order chi connectivity index (χ0) is 16.9. The number of benzene rings is 1. The van der Waals surface area contributed by atoms with Crippen molar-refractivity contribution < 1.29 is 0 Å². The molecule has 0 unspecified atom stereocenters. The third kappa shape index (κ3) is 3.63. The van der Waals surface area contributed by atoms with Crippen molar-refractivity contribution in [2.24, 2.45) is 16.5 Å². The van der Waals surface area contributed by atoms with Gasteiger partial charge in [0.1, 0.15) is 17.5 Å². The van der Waals surface area contributed by atoms with Crippen molar-refractivity contribution in [3.05, 3.63) is 35.6 Å². The first-order valence-corrected chi connectivity index (χ1v) is 7.52. The molecule has 9 nitrogen and oxygen atoms in total. The number of hydrogen-bond acceptors (Lipinski definition) is 6. The van der Waals surface area contributed by atoms with Gasteiger partial charge in [-0.25, -0.2) is 9.97 Å². The van der Waals surface area contributed by atoms with Gasteiger partial charge >= 0.3 is 0 Å². The number of H-pyrrole nitrogens is 1. The summed E-state index contributed by atoms with van der Waals surface area (Å²) in [5.74, 6) is 1.27. The molecule has 0 spiro atoms. The van der Waals surface area contributed by atoms with E-state index in [0.717, 1.165) is 11.1 Å². The van der Waals surface area contributed by atoms with Gasteiger partial charge in [-0.2, -0.15) is 5.10 Å². The third-order valence-corrected chi connectivity index (χ3v) is 3.38. The number of anilines is 3. The lowest BCUT2D eigenvalue weighted by Crippen LogP contribution is -2.24. The number of hydrogen-bond donors (Lipinski definition) is 5. The van der Waals surface area contributed by atoms with Crippen LogP contribution >= 0.6 is 11.6 Å². The van der Waals surface area contributed by atoms with Gasteiger partial charge in [0.25, 0.3) is 0 Å². The Morgan fingerprint density at radius 1 is 1.25 bits per heavy atom. The van der Waals surface area contributed by atoms with Crippen molar-refractivity contribution in [1.29, 1.82) is 0 Å². The van der Waals surface area contributed by atoms with E-state index in [1.807, 2.05) is 12.1 Å². The van der Waals surface area contributed by atoms with Gasteiger partial charge < -0.3 is 22.1 Å². The van der Waals surface area contributed by atoms with Crippen LogP contribution in [0.25, 0.3) is 11.0 Å². The number of nitrogens with two attached hydrogens (primary N) is 2. The van der Waals surface area contributed by atoms with Gasteiger partial charge in [-0.05, 0) is 18.2 Å². The fourth-order valence-electron chi connectivity index (χ4n) is 2.14. The summed E-state index contributed by atoms with van der Waals surface area (Å²) in [6, 6.07) is 7.36. The normalized spacial score (nSPS) is 10.5. The molecule has 10 heteroatoms. The quantitative estimate of drug-likeness (QED) is 0.258. The lowest BCUT2D eigenvalue weighted by Gasteiger charge is -2.08. The fraction of sp³-hybridized carbons (Fsp3) is 0.143. The lowest BCUT2D eigenvalue weighted by molar-refractivity contribution is 0.993. The van der Waals surface area contributed by atoms with Crippen molar-refractivity contribution in [3.8, 4) is 0 Å². The summed E-state index contributed by atoms with van der Waals surface area (Å²) < 4.78 is 0. The zero-order valence-corrected chi connectivity index (χ0v) is 13.4. The maximum Gasteiger partial charge on any atom is 0.185 e. The number of aromatic amines is 1. The van der Waals surface area contributed by atoms with Gasteiger partial charge in [-0.1, -0.05) is 17.7 Å². The standard InChI is InChI=1S/C14H16ClN9/c15-8-2-1-3-9(6-8)22-11-10-12(18-4-5-19-14(16)17)23-24-13(10)21-7-20-11/h1-3,6-7H,4-5H2,(H4,16,17,19)(H3,18,20,21,22,23,24). The van der Waals surface area contributed by atoms with Crippen LogP contribution in [-0.2, 0) is 0 Å². The largest absolute Gasteiger partial charge is 0.370 e. The van der Waals surface area contributed by atoms with Crippen molar-refractivity contribution >= 4 is 45.9 Å². The molecule has 3 aromatic rings. The molecule has 0 aliphatic rings. The maximum absolute atomic E-state index is 6.01. The van der Waals surface area contributed by atoms with E-state index in [2.05, 4.69) is 35.8 Å². The summed E-state index contributed by atoms with van der Waals surface area (Å²) >= 11 is 6.01. The van der Waals surface area contributed by atoms with Crippen LogP contribution in [0.3, 0.4) is 0 Å². The van der Waals surface area contributed by atoms with E-state index < -0.39 is 0 Å². The Morgan fingerprint density at radius 2 is 2.12 bits per heavy atom. The van der Waals surface area contributed by atoms with Crippen molar-refractivity contribution in [1.82, 2.24) is 20.2 Å². The average Bonchev–Trinajstić information content (AvgIpc) is 2.96. The second kappa shape index (κ2) is 7.01. The average molecular weight is 346 g/mol. The molecular weight excluding hydrogens is 330 g/mol. The summed E-state index contributed by atoms with van der Waals surface area (Å²) in [4.78, 5) is 12.4. The van der Waals surface area contributed by atoms with E-state index in [4.69, 9.17) is 23.1 Å². The lowest BCUT2D eigenvalue weighted by atomic mass is 10.3. The summed E-state index contributed by atoms with van der Waals surface area (Å²) in [6.07, 6.45) is 1.45. The van der Waals surface area contributed by atoms with Crippen LogP contribution in [0.5, 0.6) is 0 Å². The SMILES string of the molecule is NC(N)=NCCNc1n[nH]c2ncnc(Nc3cccc(Cl)c3)c12. The van der Waals surface area contributed by atoms with Crippen LogP contribution in [0.4, 0.5) is 17.3 Å². The number of rotatable bonds is 6. The highest BCUT2D eigenvalue weighted by Crippen LogP contribution is 2.28. The van der Waals surface area contributed by atoms with Crippen LogP contribution in [-0.4, -0.2) is 39.2 Å². The van der Waals surface area contributed by atoms with E-state index in [9.17, 15) is 0 Å².